The first-order valence-corrected chi connectivity index (χ1v) is 9.57. The lowest BCUT2D eigenvalue weighted by Crippen LogP contribution is -2.42. The van der Waals surface area contributed by atoms with Crippen LogP contribution in [0, 0.1) is 11.7 Å². The summed E-state index contributed by atoms with van der Waals surface area (Å²) in [5, 5.41) is 0. The molecule has 1 aromatic heterocycles. The fourth-order valence-corrected chi connectivity index (χ4v) is 3.53. The van der Waals surface area contributed by atoms with Gasteiger partial charge in [-0.3, -0.25) is 9.59 Å². The van der Waals surface area contributed by atoms with Crippen molar-refractivity contribution < 1.29 is 9.18 Å². The lowest BCUT2D eigenvalue weighted by Gasteiger charge is -2.32. The molecule has 5 nitrogen and oxygen atoms in total. The largest absolute Gasteiger partial charge is 0.338 e. The second-order valence-electron chi connectivity index (χ2n) is 7.59. The molecule has 0 saturated carbocycles. The summed E-state index contributed by atoms with van der Waals surface area (Å²) in [6.07, 6.45) is 5.19. The van der Waals surface area contributed by atoms with Gasteiger partial charge in [-0.1, -0.05) is 26.0 Å². The van der Waals surface area contributed by atoms with Gasteiger partial charge in [0.2, 0.25) is 0 Å². The Bertz CT molecular complexity index is 845. The van der Waals surface area contributed by atoms with E-state index in [0.29, 0.717) is 24.8 Å². The number of nitrogens with one attached hydrogen (secondary N) is 1. The van der Waals surface area contributed by atoms with Crippen molar-refractivity contribution in [2.24, 2.45) is 5.92 Å². The van der Waals surface area contributed by atoms with E-state index in [-0.39, 0.29) is 28.8 Å². The van der Waals surface area contributed by atoms with E-state index >= 15 is 0 Å². The smallest absolute Gasteiger partial charge is 0.263 e. The molecular weight excluding hydrogens is 345 g/mol. The zero-order valence-electron chi connectivity index (χ0n) is 15.9. The summed E-state index contributed by atoms with van der Waals surface area (Å²) in [5.41, 5.74) is 0.843. The van der Waals surface area contributed by atoms with Gasteiger partial charge < -0.3 is 9.88 Å². The SMILES string of the molecule is CC(C)c1ncc(C(=O)N2CCC[C@H](CCc3ccc(F)cc3)C2)c(=O)[nH]1. The molecule has 1 saturated heterocycles. The van der Waals surface area contributed by atoms with E-state index in [4.69, 9.17) is 0 Å². The first kappa shape index (κ1) is 19.3. The minimum absolute atomic E-state index is 0.104. The van der Waals surface area contributed by atoms with Gasteiger partial charge in [0.05, 0.1) is 0 Å². The van der Waals surface area contributed by atoms with Gasteiger partial charge >= 0.3 is 0 Å². The molecule has 144 valence electrons. The lowest BCUT2D eigenvalue weighted by molar-refractivity contribution is 0.0666. The van der Waals surface area contributed by atoms with Gasteiger partial charge in [-0.25, -0.2) is 9.37 Å². The van der Waals surface area contributed by atoms with Crippen molar-refractivity contribution in [1.82, 2.24) is 14.9 Å². The number of carbonyl (C=O) groups is 1. The van der Waals surface area contributed by atoms with Gasteiger partial charge in [0.1, 0.15) is 17.2 Å². The third-order valence-electron chi connectivity index (χ3n) is 5.16. The maximum atomic E-state index is 13.0. The minimum atomic E-state index is -0.368. The molecule has 6 heteroatoms. The number of hydrogen-bond donors (Lipinski definition) is 1. The summed E-state index contributed by atoms with van der Waals surface area (Å²) in [4.78, 5) is 33.8. The molecule has 1 aliphatic rings. The van der Waals surface area contributed by atoms with Crippen molar-refractivity contribution >= 4 is 5.91 Å². The molecular formula is C21H26FN3O2. The van der Waals surface area contributed by atoms with E-state index in [1.54, 1.807) is 4.90 Å². The molecule has 0 aliphatic carbocycles. The molecule has 1 N–H and O–H groups in total. The zero-order valence-corrected chi connectivity index (χ0v) is 15.9. The highest BCUT2D eigenvalue weighted by molar-refractivity contribution is 5.93. The molecule has 0 radical (unpaired) electrons. The number of hydrogen-bond acceptors (Lipinski definition) is 3. The predicted molar refractivity (Wildman–Crippen MR) is 102 cm³/mol. The van der Waals surface area contributed by atoms with Crippen LogP contribution in [0.5, 0.6) is 0 Å². The van der Waals surface area contributed by atoms with Crippen LogP contribution < -0.4 is 5.56 Å². The molecule has 3 rings (SSSR count). The highest BCUT2D eigenvalue weighted by Crippen LogP contribution is 2.22. The van der Waals surface area contributed by atoms with E-state index in [2.05, 4.69) is 9.97 Å². The van der Waals surface area contributed by atoms with Crippen molar-refractivity contribution in [2.45, 2.75) is 45.4 Å². The number of aryl methyl sites for hydroxylation is 1. The molecule has 2 heterocycles. The topological polar surface area (TPSA) is 66.1 Å². The van der Waals surface area contributed by atoms with Gasteiger partial charge in [-0.15, -0.1) is 0 Å². The number of nitrogens with zero attached hydrogens (tertiary/aromatic N) is 2. The van der Waals surface area contributed by atoms with Gasteiger partial charge in [0.25, 0.3) is 11.5 Å². The van der Waals surface area contributed by atoms with Crippen molar-refractivity contribution in [1.29, 1.82) is 0 Å². The normalized spacial score (nSPS) is 17.3. The van der Waals surface area contributed by atoms with Crippen molar-refractivity contribution in [2.75, 3.05) is 13.1 Å². The van der Waals surface area contributed by atoms with Crippen LogP contribution >= 0.6 is 0 Å². The monoisotopic (exact) mass is 371 g/mol. The second-order valence-corrected chi connectivity index (χ2v) is 7.59. The third-order valence-corrected chi connectivity index (χ3v) is 5.16. The van der Waals surface area contributed by atoms with E-state index < -0.39 is 0 Å². The molecule has 2 aromatic rings. The average Bonchev–Trinajstić information content (AvgIpc) is 2.67. The van der Waals surface area contributed by atoms with Crippen molar-refractivity contribution in [3.05, 3.63) is 63.6 Å². The van der Waals surface area contributed by atoms with Crippen LogP contribution in [0.4, 0.5) is 4.39 Å². The van der Waals surface area contributed by atoms with Crippen LogP contribution in [0.15, 0.2) is 35.3 Å². The Labute approximate surface area is 158 Å². The highest BCUT2D eigenvalue weighted by Gasteiger charge is 2.26. The number of benzene rings is 1. The summed E-state index contributed by atoms with van der Waals surface area (Å²) in [5.74, 6) is 0.607. The average molecular weight is 371 g/mol. The molecule has 1 aromatic carbocycles. The van der Waals surface area contributed by atoms with Crippen molar-refractivity contribution in [3.63, 3.8) is 0 Å². The number of halogens is 1. The highest BCUT2D eigenvalue weighted by atomic mass is 19.1. The second kappa shape index (κ2) is 8.46. The van der Waals surface area contributed by atoms with E-state index in [1.165, 1.54) is 18.3 Å². The standard InChI is InChI=1S/C21H26FN3O2/c1-14(2)19-23-12-18(20(26)24-19)21(27)25-11-3-4-16(13-25)6-5-15-7-9-17(22)10-8-15/h7-10,12,14,16H,3-6,11,13H2,1-2H3,(H,23,24,26)/t16-/m1/s1. The van der Waals surface area contributed by atoms with Gasteiger partial charge in [-0.05, 0) is 49.3 Å². The van der Waals surface area contributed by atoms with Crippen LogP contribution in [-0.2, 0) is 6.42 Å². The molecule has 1 atom stereocenters. The van der Waals surface area contributed by atoms with Crippen LogP contribution in [-0.4, -0.2) is 33.9 Å². The van der Waals surface area contributed by atoms with Gasteiger partial charge in [0, 0.05) is 25.2 Å². The Morgan fingerprint density at radius 1 is 1.33 bits per heavy atom. The van der Waals surface area contributed by atoms with E-state index in [9.17, 15) is 14.0 Å². The number of piperidine rings is 1. The van der Waals surface area contributed by atoms with E-state index in [0.717, 1.165) is 31.2 Å². The number of rotatable bonds is 5. The number of aromatic amines is 1. The lowest BCUT2D eigenvalue weighted by atomic mass is 9.91. The van der Waals surface area contributed by atoms with E-state index in [1.807, 2.05) is 26.0 Å². The first-order chi connectivity index (χ1) is 12.9. The van der Waals surface area contributed by atoms with Gasteiger partial charge in [0.15, 0.2) is 0 Å². The number of aromatic nitrogens is 2. The van der Waals surface area contributed by atoms with Crippen molar-refractivity contribution in [3.8, 4) is 0 Å². The number of H-pyrrole nitrogens is 1. The molecule has 0 bridgehead atoms. The molecule has 1 fully saturated rings. The summed E-state index contributed by atoms with van der Waals surface area (Å²) < 4.78 is 13.0. The maximum absolute atomic E-state index is 13.0. The quantitative estimate of drug-likeness (QED) is 0.875. The Kier molecular flexibility index (Phi) is 6.04. The molecule has 1 aliphatic heterocycles. The zero-order chi connectivity index (χ0) is 19.4. The first-order valence-electron chi connectivity index (χ1n) is 9.57. The van der Waals surface area contributed by atoms with Crippen LogP contribution in [0.25, 0.3) is 0 Å². The fraction of sp³-hybridized carbons (Fsp3) is 0.476. The minimum Gasteiger partial charge on any atom is -0.338 e. The Morgan fingerprint density at radius 2 is 2.07 bits per heavy atom. The summed E-state index contributed by atoms with van der Waals surface area (Å²) >= 11 is 0. The number of amides is 1. The third kappa shape index (κ3) is 4.81. The summed E-state index contributed by atoms with van der Waals surface area (Å²) in [6, 6.07) is 6.57. The van der Waals surface area contributed by atoms with Gasteiger partial charge in [-0.2, -0.15) is 0 Å². The molecule has 1 amide bonds. The Balaban J connectivity index is 1.62. The maximum Gasteiger partial charge on any atom is 0.263 e. The molecule has 27 heavy (non-hydrogen) atoms. The van der Waals surface area contributed by atoms with Crippen LogP contribution in [0.2, 0.25) is 0 Å². The molecule has 0 spiro atoms. The number of carbonyl (C=O) groups excluding carboxylic acids is 1. The molecule has 0 unspecified atom stereocenters. The van der Waals surface area contributed by atoms with Crippen LogP contribution in [0.1, 0.15) is 60.8 Å². The summed E-state index contributed by atoms with van der Waals surface area (Å²) in [6.45, 7) is 5.19. The Morgan fingerprint density at radius 3 is 2.74 bits per heavy atom. The predicted octanol–water partition coefficient (Wildman–Crippen LogP) is 3.52. The Hall–Kier alpha value is -2.50. The number of likely N-dealkylation sites (tertiary alicyclic amines) is 1. The van der Waals surface area contributed by atoms with Crippen LogP contribution in [0.3, 0.4) is 0 Å². The summed E-state index contributed by atoms with van der Waals surface area (Å²) in [7, 11) is 0. The fourth-order valence-electron chi connectivity index (χ4n) is 3.53.